The topological polar surface area (TPSA) is 101 Å². The number of anilines is 1. The van der Waals surface area contributed by atoms with Crippen LogP contribution in [0, 0.1) is 0 Å². The van der Waals surface area contributed by atoms with Crippen molar-refractivity contribution in [1.29, 1.82) is 0 Å². The van der Waals surface area contributed by atoms with Gasteiger partial charge in [-0.05, 0) is 44.2 Å². The Morgan fingerprint density at radius 3 is 2.37 bits per heavy atom. The van der Waals surface area contributed by atoms with Crippen molar-refractivity contribution in [1.82, 2.24) is 4.72 Å². The van der Waals surface area contributed by atoms with E-state index >= 15 is 0 Å². The molecule has 0 atom stereocenters. The number of nitrogens with two attached hydrogens (primary N) is 1. The van der Waals surface area contributed by atoms with Crippen molar-refractivity contribution in [3.8, 4) is 0 Å². The van der Waals surface area contributed by atoms with Crippen molar-refractivity contribution >= 4 is 21.6 Å². The summed E-state index contributed by atoms with van der Waals surface area (Å²) < 4.78 is 25.3. The van der Waals surface area contributed by atoms with Gasteiger partial charge in [-0.1, -0.05) is 0 Å². The third kappa shape index (κ3) is 5.27. The molecule has 0 fully saturated rings. The van der Waals surface area contributed by atoms with Crippen LogP contribution in [0.25, 0.3) is 0 Å². The van der Waals surface area contributed by atoms with E-state index in [1.54, 1.807) is 12.1 Å². The number of benzene rings is 1. The molecule has 0 aliphatic heterocycles. The summed E-state index contributed by atoms with van der Waals surface area (Å²) in [6.45, 7) is 0.714. The second-order valence-corrected chi connectivity index (χ2v) is 5.97. The molecular weight excluding hydrogens is 266 g/mol. The average molecular weight is 285 g/mol. The summed E-state index contributed by atoms with van der Waals surface area (Å²) in [5, 5.41) is 3.15. The molecular formula is C12H19N3O3S. The van der Waals surface area contributed by atoms with Gasteiger partial charge in [-0.2, -0.15) is 0 Å². The van der Waals surface area contributed by atoms with E-state index in [9.17, 15) is 13.2 Å². The first-order valence-corrected chi connectivity index (χ1v) is 7.50. The van der Waals surface area contributed by atoms with Gasteiger partial charge in [0.2, 0.25) is 15.9 Å². The van der Waals surface area contributed by atoms with E-state index in [1.165, 1.54) is 19.2 Å². The number of carbonyl (C=O) groups excluding carboxylic acids is 1. The van der Waals surface area contributed by atoms with Gasteiger partial charge in [0.25, 0.3) is 0 Å². The Balaban J connectivity index is 2.43. The molecule has 6 nitrogen and oxygen atoms in total. The lowest BCUT2D eigenvalue weighted by atomic mass is 10.2. The number of carbonyl (C=O) groups is 1. The van der Waals surface area contributed by atoms with Gasteiger partial charge in [-0.25, -0.2) is 13.1 Å². The number of nitrogens with one attached hydrogen (secondary N) is 2. The molecule has 0 saturated carbocycles. The number of hydrogen-bond donors (Lipinski definition) is 3. The monoisotopic (exact) mass is 285 g/mol. The number of sulfonamides is 1. The maximum absolute atomic E-state index is 11.5. The zero-order valence-corrected chi connectivity index (χ0v) is 11.7. The van der Waals surface area contributed by atoms with Crippen LogP contribution in [0.3, 0.4) is 0 Å². The number of primary amides is 1. The van der Waals surface area contributed by atoms with E-state index in [-0.39, 0.29) is 10.8 Å². The van der Waals surface area contributed by atoms with Gasteiger partial charge in [0.1, 0.15) is 0 Å². The summed E-state index contributed by atoms with van der Waals surface area (Å²) in [5.41, 5.74) is 5.88. The minimum absolute atomic E-state index is 0.231. The zero-order chi connectivity index (χ0) is 14.3. The van der Waals surface area contributed by atoms with Crippen LogP contribution in [0.2, 0.25) is 0 Å². The van der Waals surface area contributed by atoms with Crippen LogP contribution in [0.15, 0.2) is 29.2 Å². The highest BCUT2D eigenvalue weighted by molar-refractivity contribution is 7.89. The summed E-state index contributed by atoms with van der Waals surface area (Å²) >= 11 is 0. The first-order chi connectivity index (χ1) is 8.95. The summed E-state index contributed by atoms with van der Waals surface area (Å²) in [6.07, 6.45) is 1.97. The minimum Gasteiger partial charge on any atom is -0.385 e. The quantitative estimate of drug-likeness (QED) is 0.611. The predicted molar refractivity (Wildman–Crippen MR) is 74.2 cm³/mol. The van der Waals surface area contributed by atoms with Crippen molar-refractivity contribution in [2.75, 3.05) is 18.9 Å². The fraction of sp³-hybridized carbons (Fsp3) is 0.417. The highest BCUT2D eigenvalue weighted by Gasteiger charge is 2.09. The summed E-state index contributed by atoms with van der Waals surface area (Å²) in [4.78, 5) is 10.8. The summed E-state index contributed by atoms with van der Waals surface area (Å²) in [6, 6.07) is 6.49. The molecule has 0 unspecified atom stereocenters. The average Bonchev–Trinajstić information content (AvgIpc) is 2.38. The molecule has 7 heteroatoms. The first kappa shape index (κ1) is 15.5. The maximum atomic E-state index is 11.5. The van der Waals surface area contributed by atoms with Crippen LogP contribution in [0.1, 0.15) is 19.3 Å². The highest BCUT2D eigenvalue weighted by Crippen LogP contribution is 2.13. The summed E-state index contributed by atoms with van der Waals surface area (Å²) in [7, 11) is -2.01. The van der Waals surface area contributed by atoms with Crippen LogP contribution >= 0.6 is 0 Å². The van der Waals surface area contributed by atoms with Crippen molar-refractivity contribution in [2.24, 2.45) is 5.73 Å². The third-order valence-corrected chi connectivity index (χ3v) is 4.04. The molecule has 0 saturated heterocycles. The third-order valence-electron chi connectivity index (χ3n) is 2.61. The molecule has 0 aromatic heterocycles. The molecule has 19 heavy (non-hydrogen) atoms. The van der Waals surface area contributed by atoms with Crippen LogP contribution in [0.5, 0.6) is 0 Å². The second-order valence-electron chi connectivity index (χ2n) is 4.08. The number of hydrogen-bond acceptors (Lipinski definition) is 4. The Morgan fingerprint density at radius 1 is 1.21 bits per heavy atom. The zero-order valence-electron chi connectivity index (χ0n) is 10.8. The molecule has 0 bridgehead atoms. The smallest absolute Gasteiger partial charge is 0.240 e. The predicted octanol–water partition coefficient (Wildman–Crippen LogP) is 0.662. The first-order valence-electron chi connectivity index (χ1n) is 6.01. The van der Waals surface area contributed by atoms with E-state index < -0.39 is 10.0 Å². The van der Waals surface area contributed by atoms with Crippen molar-refractivity contribution in [2.45, 2.75) is 24.2 Å². The lowest BCUT2D eigenvalue weighted by Gasteiger charge is -2.07. The highest BCUT2D eigenvalue weighted by atomic mass is 32.2. The minimum atomic E-state index is -3.38. The molecule has 1 rings (SSSR count). The lowest BCUT2D eigenvalue weighted by molar-refractivity contribution is -0.118. The molecule has 0 aliphatic rings. The Bertz CT molecular complexity index is 512. The summed E-state index contributed by atoms with van der Waals surface area (Å²) in [5.74, 6) is -0.290. The van der Waals surface area contributed by atoms with Crippen LogP contribution < -0.4 is 15.8 Å². The number of rotatable bonds is 8. The van der Waals surface area contributed by atoms with Crippen LogP contribution in [0.4, 0.5) is 5.69 Å². The van der Waals surface area contributed by atoms with E-state index in [2.05, 4.69) is 10.0 Å². The van der Waals surface area contributed by atoms with Gasteiger partial charge in [-0.15, -0.1) is 0 Å². The Kier molecular flexibility index (Phi) is 5.78. The molecule has 0 heterocycles. The van der Waals surface area contributed by atoms with Gasteiger partial charge in [0.05, 0.1) is 4.90 Å². The number of amides is 1. The normalized spacial score (nSPS) is 11.2. The van der Waals surface area contributed by atoms with Gasteiger partial charge in [0.15, 0.2) is 0 Å². The largest absolute Gasteiger partial charge is 0.385 e. The fourth-order valence-corrected chi connectivity index (χ4v) is 2.26. The van der Waals surface area contributed by atoms with E-state index in [0.717, 1.165) is 18.5 Å². The van der Waals surface area contributed by atoms with Gasteiger partial charge < -0.3 is 11.1 Å². The van der Waals surface area contributed by atoms with Gasteiger partial charge in [0, 0.05) is 18.7 Å². The SMILES string of the molecule is CNS(=O)(=O)c1ccc(NCCCCC(N)=O)cc1. The van der Waals surface area contributed by atoms with Crippen LogP contribution in [-0.4, -0.2) is 27.9 Å². The fourth-order valence-electron chi connectivity index (χ4n) is 1.53. The van der Waals surface area contributed by atoms with E-state index in [4.69, 9.17) is 5.73 Å². The lowest BCUT2D eigenvalue weighted by Crippen LogP contribution is -2.18. The molecule has 0 radical (unpaired) electrons. The van der Waals surface area contributed by atoms with Gasteiger partial charge >= 0.3 is 0 Å². The maximum Gasteiger partial charge on any atom is 0.240 e. The van der Waals surface area contributed by atoms with E-state index in [1.807, 2.05) is 0 Å². The molecule has 4 N–H and O–H groups in total. The second kappa shape index (κ2) is 7.10. The molecule has 0 spiro atoms. The van der Waals surface area contributed by atoms with E-state index in [0.29, 0.717) is 13.0 Å². The van der Waals surface area contributed by atoms with Crippen molar-refractivity contribution in [3.05, 3.63) is 24.3 Å². The molecule has 1 aromatic carbocycles. The molecule has 0 aliphatic carbocycles. The molecule has 1 aromatic rings. The standard InChI is InChI=1S/C12H19N3O3S/c1-14-19(17,18)11-7-5-10(6-8-11)15-9-3-2-4-12(13)16/h5-8,14-15H,2-4,9H2,1H3,(H2,13,16). The van der Waals surface area contributed by atoms with Crippen molar-refractivity contribution < 1.29 is 13.2 Å². The molecule has 106 valence electrons. The van der Waals surface area contributed by atoms with Gasteiger partial charge in [-0.3, -0.25) is 4.79 Å². The Hall–Kier alpha value is -1.60. The van der Waals surface area contributed by atoms with Crippen molar-refractivity contribution in [3.63, 3.8) is 0 Å². The van der Waals surface area contributed by atoms with Crippen LogP contribution in [-0.2, 0) is 14.8 Å². The Labute approximate surface area is 113 Å². The molecule has 1 amide bonds. The Morgan fingerprint density at radius 2 is 1.84 bits per heavy atom. The number of unbranched alkanes of at least 4 members (excludes halogenated alkanes) is 1.